The van der Waals surface area contributed by atoms with Crippen molar-refractivity contribution in [3.05, 3.63) is 29.3 Å². The molecule has 0 aliphatic carbocycles. The molecule has 7 nitrogen and oxygen atoms in total. The minimum absolute atomic E-state index is 0.0174. The Balaban J connectivity index is 1.72. The zero-order chi connectivity index (χ0) is 22.8. The monoisotopic (exact) mass is 437 g/mol. The summed E-state index contributed by atoms with van der Waals surface area (Å²) in [6.45, 7) is 4.84. The Bertz CT molecular complexity index is 955. The van der Waals surface area contributed by atoms with Gasteiger partial charge in [0.15, 0.2) is 0 Å². The van der Waals surface area contributed by atoms with E-state index in [0.29, 0.717) is 32.1 Å². The Hall–Kier alpha value is -2.48. The van der Waals surface area contributed by atoms with Gasteiger partial charge in [0.05, 0.1) is 45.9 Å². The predicted molar refractivity (Wildman–Crippen MR) is 102 cm³/mol. The van der Waals surface area contributed by atoms with Crippen molar-refractivity contribution in [2.45, 2.75) is 37.6 Å². The van der Waals surface area contributed by atoms with E-state index in [1.807, 2.05) is 4.90 Å². The number of carbonyl (C=O) groups excluding carboxylic acids is 2. The Morgan fingerprint density at radius 1 is 1.19 bits per heavy atom. The van der Waals surface area contributed by atoms with E-state index in [4.69, 9.17) is 15.1 Å². The third-order valence-electron chi connectivity index (χ3n) is 6.48. The molecule has 3 aliphatic heterocycles. The second-order valence-corrected chi connectivity index (χ2v) is 8.82. The smallest absolute Gasteiger partial charge is 0.396 e. The van der Waals surface area contributed by atoms with Gasteiger partial charge in [-0.2, -0.15) is 18.4 Å². The molecular weight excluding hydrogens is 415 g/mol. The van der Waals surface area contributed by atoms with Gasteiger partial charge in [-0.15, -0.1) is 0 Å². The third-order valence-corrected chi connectivity index (χ3v) is 6.48. The molecule has 4 atom stereocenters. The van der Waals surface area contributed by atoms with Crippen molar-refractivity contribution < 1.29 is 32.6 Å². The molecule has 3 aliphatic rings. The van der Waals surface area contributed by atoms with Gasteiger partial charge in [0.2, 0.25) is 11.8 Å². The summed E-state index contributed by atoms with van der Waals surface area (Å²) in [6.07, 6.45) is -4.26. The molecule has 0 aromatic heterocycles. The van der Waals surface area contributed by atoms with Crippen molar-refractivity contribution >= 4 is 17.5 Å². The Labute approximate surface area is 177 Å². The molecule has 4 rings (SSSR count). The molecule has 2 amide bonds. The van der Waals surface area contributed by atoms with E-state index in [-0.39, 0.29) is 12.3 Å². The van der Waals surface area contributed by atoms with Crippen LogP contribution in [-0.4, -0.2) is 59.3 Å². The topological polar surface area (TPSA) is 93.9 Å². The highest BCUT2D eigenvalue weighted by molar-refractivity contribution is 6.23. The summed E-state index contributed by atoms with van der Waals surface area (Å²) in [5, 5.41) is 18.1. The van der Waals surface area contributed by atoms with Gasteiger partial charge >= 0.3 is 6.18 Å². The third kappa shape index (κ3) is 3.23. The van der Waals surface area contributed by atoms with Gasteiger partial charge in [0, 0.05) is 26.2 Å². The van der Waals surface area contributed by atoms with Crippen molar-refractivity contribution in [2.24, 2.45) is 11.8 Å². The van der Waals surface area contributed by atoms with Crippen LogP contribution in [-0.2, 0) is 20.5 Å². The highest BCUT2D eigenvalue weighted by Crippen LogP contribution is 2.55. The van der Waals surface area contributed by atoms with E-state index < -0.39 is 52.2 Å². The number of nitrogens with zero attached hydrogens (tertiary/aromatic N) is 3. The lowest BCUT2D eigenvalue weighted by Gasteiger charge is -2.45. The van der Waals surface area contributed by atoms with Crippen LogP contribution in [0, 0.1) is 23.2 Å². The maximum absolute atomic E-state index is 13.4. The second kappa shape index (κ2) is 7.02. The van der Waals surface area contributed by atoms with Crippen LogP contribution in [0.2, 0.25) is 0 Å². The number of carbonyl (C=O) groups is 2. The van der Waals surface area contributed by atoms with Gasteiger partial charge in [0.25, 0.3) is 0 Å². The van der Waals surface area contributed by atoms with Crippen LogP contribution in [0.15, 0.2) is 18.2 Å². The summed E-state index contributed by atoms with van der Waals surface area (Å²) in [7, 11) is 0. The summed E-state index contributed by atoms with van der Waals surface area (Å²) in [4.78, 5) is 29.6. The zero-order valence-corrected chi connectivity index (χ0v) is 17.1. The first-order chi connectivity index (χ1) is 14.4. The number of anilines is 1. The number of halogens is 3. The van der Waals surface area contributed by atoms with Crippen molar-refractivity contribution in [3.63, 3.8) is 0 Å². The van der Waals surface area contributed by atoms with E-state index in [0.717, 1.165) is 11.0 Å². The number of hydrogen-bond acceptors (Lipinski definition) is 6. The number of likely N-dealkylation sites (tertiary alicyclic amines) is 1. The van der Waals surface area contributed by atoms with Crippen molar-refractivity contribution in [1.29, 1.82) is 5.26 Å². The average molecular weight is 437 g/mol. The van der Waals surface area contributed by atoms with E-state index in [9.17, 15) is 22.8 Å². The number of ether oxygens (including phenoxy) is 1. The summed E-state index contributed by atoms with van der Waals surface area (Å²) >= 11 is 0. The van der Waals surface area contributed by atoms with Crippen LogP contribution >= 0.6 is 0 Å². The first-order valence-corrected chi connectivity index (χ1v) is 9.98. The number of amides is 2. The molecule has 10 heteroatoms. The fraction of sp³-hybridized carbons (Fsp3) is 0.571. The fourth-order valence-electron chi connectivity index (χ4n) is 5.47. The predicted octanol–water partition coefficient (Wildman–Crippen LogP) is 1.93. The molecule has 0 saturated carbocycles. The van der Waals surface area contributed by atoms with Gasteiger partial charge < -0.3 is 9.84 Å². The molecule has 0 radical (unpaired) electrons. The molecule has 2 unspecified atom stereocenters. The minimum atomic E-state index is -4.80. The van der Waals surface area contributed by atoms with Crippen LogP contribution in [0.1, 0.15) is 31.4 Å². The van der Waals surface area contributed by atoms with E-state index in [2.05, 4.69) is 0 Å². The molecule has 31 heavy (non-hydrogen) atoms. The second-order valence-electron chi connectivity index (χ2n) is 8.82. The summed E-state index contributed by atoms with van der Waals surface area (Å²) in [5.41, 5.74) is -3.91. The molecule has 166 valence electrons. The Morgan fingerprint density at radius 3 is 2.26 bits per heavy atom. The molecule has 1 aromatic carbocycles. The van der Waals surface area contributed by atoms with Crippen LogP contribution in [0.3, 0.4) is 0 Å². The lowest BCUT2D eigenvalue weighted by molar-refractivity contribution is -0.169. The first kappa shape index (κ1) is 21.7. The number of imide groups is 1. The van der Waals surface area contributed by atoms with Gasteiger partial charge in [0.1, 0.15) is 0 Å². The number of hydrogen-bond donors (Lipinski definition) is 1. The van der Waals surface area contributed by atoms with Gasteiger partial charge in [-0.25, -0.2) is 4.90 Å². The molecule has 3 heterocycles. The van der Waals surface area contributed by atoms with Crippen LogP contribution in [0.5, 0.6) is 0 Å². The molecule has 3 saturated heterocycles. The number of aliphatic hydroxyl groups excluding tert-OH is 1. The SMILES string of the molecule is CC12CN(CCCO)C[C@@](C)(O1)[C@@H]1C(=O)N(c3ccc(C#N)c(C(F)(F)F)c3)C(=O)C12. The lowest BCUT2D eigenvalue weighted by Crippen LogP contribution is -2.58. The van der Waals surface area contributed by atoms with Crippen molar-refractivity contribution in [2.75, 3.05) is 31.1 Å². The van der Waals surface area contributed by atoms with Gasteiger partial charge in [-0.3, -0.25) is 14.5 Å². The first-order valence-electron chi connectivity index (χ1n) is 9.98. The Morgan fingerprint density at radius 2 is 1.77 bits per heavy atom. The van der Waals surface area contributed by atoms with Gasteiger partial charge in [-0.1, -0.05) is 0 Å². The van der Waals surface area contributed by atoms with Crippen molar-refractivity contribution in [1.82, 2.24) is 4.90 Å². The molecule has 0 spiro atoms. The average Bonchev–Trinajstić information content (AvgIpc) is 3.05. The molecule has 1 N–H and O–H groups in total. The van der Waals surface area contributed by atoms with E-state index in [1.165, 1.54) is 12.1 Å². The van der Waals surface area contributed by atoms with Gasteiger partial charge in [-0.05, 0) is 38.5 Å². The number of alkyl halides is 3. The van der Waals surface area contributed by atoms with Crippen LogP contribution in [0.25, 0.3) is 0 Å². The Kier molecular flexibility index (Phi) is 4.92. The maximum Gasteiger partial charge on any atom is 0.417 e. The lowest BCUT2D eigenvalue weighted by atomic mass is 9.79. The normalized spacial score (nSPS) is 33.0. The van der Waals surface area contributed by atoms with Crippen LogP contribution < -0.4 is 4.90 Å². The minimum Gasteiger partial charge on any atom is -0.396 e. The number of rotatable bonds is 4. The zero-order valence-electron chi connectivity index (χ0n) is 17.1. The number of morpholine rings is 1. The quantitative estimate of drug-likeness (QED) is 0.724. The summed E-state index contributed by atoms with van der Waals surface area (Å²) in [6, 6.07) is 4.35. The highest BCUT2D eigenvalue weighted by atomic mass is 19.4. The molecule has 2 bridgehead atoms. The standard InChI is InChI=1S/C21H22F3N3O4/c1-19-10-26(6-3-7-28)11-20(2,31-19)16-15(19)17(29)27(18(16)30)13-5-4-12(9-25)14(8-13)21(22,23)24/h4-5,8,15-16,28H,3,6-7,10-11H2,1-2H3/t15-,16?,19+,20?/m0/s1. The van der Waals surface area contributed by atoms with Crippen LogP contribution in [0.4, 0.5) is 18.9 Å². The summed E-state index contributed by atoms with van der Waals surface area (Å²) < 4.78 is 46.4. The maximum atomic E-state index is 13.4. The molecule has 3 fully saturated rings. The van der Waals surface area contributed by atoms with E-state index in [1.54, 1.807) is 13.8 Å². The van der Waals surface area contributed by atoms with Crippen molar-refractivity contribution in [3.8, 4) is 6.07 Å². The number of fused-ring (bicyclic) bond motifs is 5. The molecule has 1 aromatic rings. The number of aliphatic hydroxyl groups is 1. The molecular formula is C21H22F3N3O4. The van der Waals surface area contributed by atoms with E-state index >= 15 is 0 Å². The largest absolute Gasteiger partial charge is 0.417 e. The number of benzene rings is 1. The summed E-state index contributed by atoms with van der Waals surface area (Å²) in [5.74, 6) is -2.84. The number of nitriles is 1. The highest BCUT2D eigenvalue weighted by Gasteiger charge is 2.71. The fourth-order valence-corrected chi connectivity index (χ4v) is 5.47.